The van der Waals surface area contributed by atoms with Crippen LogP contribution in [0.3, 0.4) is 0 Å². The van der Waals surface area contributed by atoms with Gasteiger partial charge in [-0.25, -0.2) is 19.4 Å². The van der Waals surface area contributed by atoms with E-state index in [9.17, 15) is 9.90 Å². The van der Waals surface area contributed by atoms with Crippen LogP contribution < -0.4 is 10.5 Å². The predicted molar refractivity (Wildman–Crippen MR) is 149 cm³/mol. The number of carboxylic acid groups (broad SMARTS) is 1. The zero-order chi connectivity index (χ0) is 26.8. The molecule has 0 atom stereocenters. The molecule has 2 saturated heterocycles. The lowest BCUT2D eigenvalue weighted by atomic mass is 9.95. The summed E-state index contributed by atoms with van der Waals surface area (Å²) in [7, 11) is 0. The fourth-order valence-corrected chi connectivity index (χ4v) is 5.78. The van der Waals surface area contributed by atoms with Crippen molar-refractivity contribution >= 4 is 22.9 Å². The number of amides is 1. The molecule has 2 aliphatic rings. The number of hydrogen-bond acceptors (Lipinski definition) is 7. The Balaban J connectivity index is 1.16. The van der Waals surface area contributed by atoms with Gasteiger partial charge in [-0.1, -0.05) is 18.2 Å². The number of nitrogen functional groups attached to an aromatic ring is 1. The Morgan fingerprint density at radius 1 is 0.923 bits per heavy atom. The van der Waals surface area contributed by atoms with E-state index in [0.717, 1.165) is 79.1 Å². The van der Waals surface area contributed by atoms with Crippen molar-refractivity contribution < 1.29 is 14.6 Å². The number of aromatic nitrogens is 4. The van der Waals surface area contributed by atoms with Gasteiger partial charge in [0.05, 0.1) is 11.4 Å². The van der Waals surface area contributed by atoms with Gasteiger partial charge in [0, 0.05) is 38.3 Å². The highest BCUT2D eigenvalue weighted by molar-refractivity contribution is 5.98. The number of fused-ring (bicyclic) bond motifs is 1. The number of benzene rings is 2. The van der Waals surface area contributed by atoms with Gasteiger partial charge in [0.25, 0.3) is 0 Å². The number of likely N-dealkylation sites (tertiary alicyclic amines) is 2. The zero-order valence-corrected chi connectivity index (χ0v) is 21.8. The molecule has 1 amide bonds. The summed E-state index contributed by atoms with van der Waals surface area (Å²) in [5.74, 6) is 2.51. The molecule has 39 heavy (non-hydrogen) atoms. The van der Waals surface area contributed by atoms with Crippen molar-refractivity contribution in [2.75, 3.05) is 38.5 Å². The molecule has 3 N–H and O–H groups in total. The van der Waals surface area contributed by atoms with Gasteiger partial charge in [0.1, 0.15) is 29.3 Å². The molecule has 2 aliphatic heterocycles. The van der Waals surface area contributed by atoms with E-state index in [1.165, 1.54) is 11.2 Å². The molecule has 0 saturated carbocycles. The average molecular weight is 528 g/mol. The van der Waals surface area contributed by atoms with E-state index >= 15 is 0 Å². The van der Waals surface area contributed by atoms with Crippen molar-refractivity contribution in [3.63, 3.8) is 0 Å². The number of ether oxygens (including phenoxy) is 1. The number of rotatable bonds is 6. The summed E-state index contributed by atoms with van der Waals surface area (Å²) in [6.45, 7) is 4.26. The SMILES string of the molecule is Nc1ncnc2c1c(-c1ccc(Oc3ccccc3)cc1)nn2C1CCN(CC2CCN(C(=O)O)CC2)CC1. The van der Waals surface area contributed by atoms with E-state index in [1.807, 2.05) is 59.3 Å². The summed E-state index contributed by atoms with van der Waals surface area (Å²) in [5, 5.41) is 15.0. The molecular weight excluding hydrogens is 494 g/mol. The summed E-state index contributed by atoms with van der Waals surface area (Å²) in [5.41, 5.74) is 8.83. The minimum Gasteiger partial charge on any atom is -0.465 e. The van der Waals surface area contributed by atoms with E-state index in [2.05, 4.69) is 14.9 Å². The van der Waals surface area contributed by atoms with Crippen molar-refractivity contribution in [2.24, 2.45) is 5.92 Å². The van der Waals surface area contributed by atoms with Crippen LogP contribution in [0.5, 0.6) is 11.5 Å². The molecule has 2 aromatic carbocycles. The molecule has 10 nitrogen and oxygen atoms in total. The first-order valence-corrected chi connectivity index (χ1v) is 13.6. The molecule has 202 valence electrons. The topological polar surface area (TPSA) is 123 Å². The standard InChI is InChI=1S/C29H33N7O3/c30-27-25-26(21-6-8-24(9-7-21)39-23-4-2-1-3-5-23)33-36(28(25)32-19-31-27)22-12-14-34(15-13-22)18-20-10-16-35(17-11-20)29(37)38/h1-9,19-20,22H,10-18H2,(H,37,38)(H2,30,31,32). The van der Waals surface area contributed by atoms with Gasteiger partial charge in [0.2, 0.25) is 0 Å². The average Bonchev–Trinajstić information content (AvgIpc) is 3.36. The molecule has 4 heterocycles. The third-order valence-electron chi connectivity index (χ3n) is 7.93. The van der Waals surface area contributed by atoms with Crippen LogP contribution in [0.2, 0.25) is 0 Å². The highest BCUT2D eigenvalue weighted by Gasteiger charge is 2.29. The van der Waals surface area contributed by atoms with Crippen molar-refractivity contribution in [1.82, 2.24) is 29.5 Å². The van der Waals surface area contributed by atoms with E-state index in [0.29, 0.717) is 24.8 Å². The van der Waals surface area contributed by atoms with E-state index in [4.69, 9.17) is 15.6 Å². The maximum absolute atomic E-state index is 11.2. The van der Waals surface area contributed by atoms with Gasteiger partial charge < -0.3 is 25.4 Å². The number of carbonyl (C=O) groups is 1. The van der Waals surface area contributed by atoms with Crippen LogP contribution in [0.1, 0.15) is 31.7 Å². The zero-order valence-electron chi connectivity index (χ0n) is 21.8. The van der Waals surface area contributed by atoms with Gasteiger partial charge >= 0.3 is 6.09 Å². The van der Waals surface area contributed by atoms with Crippen LogP contribution in [0.4, 0.5) is 10.6 Å². The van der Waals surface area contributed by atoms with E-state index in [1.54, 1.807) is 0 Å². The fraction of sp³-hybridized carbons (Fsp3) is 0.379. The number of para-hydroxylation sites is 1. The van der Waals surface area contributed by atoms with E-state index in [-0.39, 0.29) is 6.04 Å². The molecule has 2 fully saturated rings. The van der Waals surface area contributed by atoms with Crippen LogP contribution >= 0.6 is 0 Å². The van der Waals surface area contributed by atoms with Crippen LogP contribution in [0, 0.1) is 5.92 Å². The minimum absolute atomic E-state index is 0.223. The number of anilines is 1. The molecule has 0 bridgehead atoms. The lowest BCUT2D eigenvalue weighted by molar-refractivity contribution is 0.103. The normalized spacial score (nSPS) is 17.5. The smallest absolute Gasteiger partial charge is 0.407 e. The first kappa shape index (κ1) is 25.1. The molecule has 6 rings (SSSR count). The molecule has 0 spiro atoms. The van der Waals surface area contributed by atoms with Crippen molar-refractivity contribution in [3.05, 3.63) is 60.9 Å². The highest BCUT2D eigenvalue weighted by Crippen LogP contribution is 2.35. The number of nitrogens with zero attached hydrogens (tertiary/aromatic N) is 6. The van der Waals surface area contributed by atoms with Crippen LogP contribution in [0.15, 0.2) is 60.9 Å². The number of nitrogens with two attached hydrogens (primary N) is 1. The first-order chi connectivity index (χ1) is 19.0. The Labute approximate surface area is 227 Å². The van der Waals surface area contributed by atoms with Crippen molar-refractivity contribution in [1.29, 1.82) is 0 Å². The lowest BCUT2D eigenvalue weighted by Gasteiger charge is -2.37. The summed E-state index contributed by atoms with van der Waals surface area (Å²) in [6, 6.07) is 17.8. The largest absolute Gasteiger partial charge is 0.465 e. The van der Waals surface area contributed by atoms with Gasteiger partial charge in [-0.2, -0.15) is 5.10 Å². The van der Waals surface area contributed by atoms with Crippen molar-refractivity contribution in [2.45, 2.75) is 31.7 Å². The Bertz CT molecular complexity index is 1420. The monoisotopic (exact) mass is 527 g/mol. The Kier molecular flexibility index (Phi) is 7.02. The number of piperidine rings is 2. The minimum atomic E-state index is -0.805. The first-order valence-electron chi connectivity index (χ1n) is 13.6. The van der Waals surface area contributed by atoms with Gasteiger partial charge in [-0.05, 0) is 68.0 Å². The van der Waals surface area contributed by atoms with Crippen LogP contribution in [-0.2, 0) is 0 Å². The summed E-state index contributed by atoms with van der Waals surface area (Å²) in [4.78, 5) is 24.1. The van der Waals surface area contributed by atoms with Crippen LogP contribution in [-0.4, -0.2) is 73.5 Å². The second-order valence-corrected chi connectivity index (χ2v) is 10.4. The maximum atomic E-state index is 11.2. The summed E-state index contributed by atoms with van der Waals surface area (Å²) in [6.07, 6.45) is 4.52. The molecule has 0 radical (unpaired) electrons. The second kappa shape index (κ2) is 10.9. The van der Waals surface area contributed by atoms with Gasteiger partial charge in [-0.15, -0.1) is 0 Å². The highest BCUT2D eigenvalue weighted by atomic mass is 16.5. The fourth-order valence-electron chi connectivity index (χ4n) is 5.78. The Morgan fingerprint density at radius 2 is 1.62 bits per heavy atom. The summed E-state index contributed by atoms with van der Waals surface area (Å²) >= 11 is 0. The Morgan fingerprint density at radius 3 is 2.31 bits per heavy atom. The molecule has 10 heteroatoms. The van der Waals surface area contributed by atoms with Gasteiger partial charge in [-0.3, -0.25) is 0 Å². The quantitative estimate of drug-likeness (QED) is 0.363. The molecule has 2 aromatic heterocycles. The third kappa shape index (κ3) is 5.37. The molecular formula is C29H33N7O3. The Hall–Kier alpha value is -4.18. The lowest BCUT2D eigenvalue weighted by Crippen LogP contribution is -2.43. The van der Waals surface area contributed by atoms with Gasteiger partial charge in [0.15, 0.2) is 5.65 Å². The molecule has 4 aromatic rings. The molecule has 0 aliphatic carbocycles. The molecule has 0 unspecified atom stereocenters. The van der Waals surface area contributed by atoms with Crippen LogP contribution in [0.25, 0.3) is 22.3 Å². The predicted octanol–water partition coefficient (Wildman–Crippen LogP) is 4.89. The van der Waals surface area contributed by atoms with E-state index < -0.39 is 6.09 Å². The third-order valence-corrected chi connectivity index (χ3v) is 7.93. The second-order valence-electron chi connectivity index (χ2n) is 10.4. The number of hydrogen-bond donors (Lipinski definition) is 2. The maximum Gasteiger partial charge on any atom is 0.407 e. The summed E-state index contributed by atoms with van der Waals surface area (Å²) < 4.78 is 7.99. The van der Waals surface area contributed by atoms with Crippen molar-refractivity contribution in [3.8, 4) is 22.8 Å².